The fourth-order valence-electron chi connectivity index (χ4n) is 2.43. The van der Waals surface area contributed by atoms with Gasteiger partial charge in [0.15, 0.2) is 0 Å². The second-order valence-electron chi connectivity index (χ2n) is 6.00. The lowest BCUT2D eigenvalue weighted by Gasteiger charge is -2.10. The van der Waals surface area contributed by atoms with E-state index in [9.17, 15) is 21.6 Å². The zero-order valence-corrected chi connectivity index (χ0v) is 16.9. The Balaban J connectivity index is 1.81. The number of nitrogens with one attached hydrogen (secondary N) is 1. The molecule has 1 aromatic heterocycles. The van der Waals surface area contributed by atoms with Crippen molar-refractivity contribution in [3.8, 4) is 11.8 Å². The molecule has 0 saturated carbocycles. The van der Waals surface area contributed by atoms with Gasteiger partial charge in [0.2, 0.25) is 10.0 Å². The molecule has 0 saturated heterocycles. The molecule has 3 aromatic rings. The van der Waals surface area contributed by atoms with Crippen LogP contribution in [0.1, 0.15) is 21.5 Å². The maximum Gasteiger partial charge on any atom is 0.265 e. The summed E-state index contributed by atoms with van der Waals surface area (Å²) in [5, 5.41) is 5.06. The molecule has 1 heterocycles. The van der Waals surface area contributed by atoms with Crippen LogP contribution in [0.3, 0.4) is 0 Å². The lowest BCUT2D eigenvalue weighted by atomic mass is 10.1. The second-order valence-corrected chi connectivity index (χ2v) is 9.18. The van der Waals surface area contributed by atoms with Crippen molar-refractivity contribution in [2.24, 2.45) is 5.14 Å². The molecule has 0 spiro atoms. The van der Waals surface area contributed by atoms with Crippen molar-refractivity contribution >= 4 is 26.0 Å². The highest BCUT2D eigenvalue weighted by atomic mass is 32.2. The summed E-state index contributed by atoms with van der Waals surface area (Å²) >= 11 is 0. The van der Waals surface area contributed by atoms with E-state index in [-0.39, 0.29) is 5.56 Å². The van der Waals surface area contributed by atoms with Crippen LogP contribution in [-0.4, -0.2) is 27.7 Å². The molecular formula is C20H15N3O5S2. The Morgan fingerprint density at radius 1 is 0.833 bits per heavy atom. The van der Waals surface area contributed by atoms with E-state index in [1.54, 1.807) is 36.7 Å². The molecular weight excluding hydrogens is 426 g/mol. The number of aromatic nitrogens is 1. The predicted octanol–water partition coefficient (Wildman–Crippen LogP) is 1.25. The summed E-state index contributed by atoms with van der Waals surface area (Å²) in [6.07, 6.45) is 3.24. The fourth-order valence-corrected chi connectivity index (χ4v) is 4.79. The summed E-state index contributed by atoms with van der Waals surface area (Å²) in [5.74, 6) is 4.89. The average molecular weight is 441 g/mol. The average Bonchev–Trinajstić information content (AvgIpc) is 2.72. The molecule has 2 aromatic carbocycles. The molecule has 0 bridgehead atoms. The van der Waals surface area contributed by atoms with Crippen molar-refractivity contribution in [3.05, 3.63) is 89.7 Å². The molecule has 0 aliphatic heterocycles. The molecule has 0 radical (unpaired) electrons. The highest BCUT2D eigenvalue weighted by Gasteiger charge is 2.26. The third kappa shape index (κ3) is 5.09. The predicted molar refractivity (Wildman–Crippen MR) is 109 cm³/mol. The number of sulfonamides is 2. The normalized spacial score (nSPS) is 11.2. The number of amides is 1. The SMILES string of the molecule is NS(=O)(=O)c1ccccc1S(=O)(=O)NC(=O)c1ccc(C#Cc2cccnc2)cc1. The van der Waals surface area contributed by atoms with Crippen LogP contribution in [0.15, 0.2) is 82.8 Å². The smallest absolute Gasteiger partial charge is 0.265 e. The minimum absolute atomic E-state index is 0.0542. The summed E-state index contributed by atoms with van der Waals surface area (Å²) in [4.78, 5) is 15.1. The number of rotatable bonds is 4. The summed E-state index contributed by atoms with van der Waals surface area (Å²) < 4.78 is 50.2. The first kappa shape index (κ1) is 21.2. The van der Waals surface area contributed by atoms with Crippen LogP contribution in [0.25, 0.3) is 0 Å². The summed E-state index contributed by atoms with van der Waals surface area (Å²) in [6.45, 7) is 0. The van der Waals surface area contributed by atoms with E-state index in [0.717, 1.165) is 17.7 Å². The molecule has 3 rings (SSSR count). The van der Waals surface area contributed by atoms with Gasteiger partial charge in [-0.25, -0.2) is 26.7 Å². The van der Waals surface area contributed by atoms with Gasteiger partial charge >= 0.3 is 0 Å². The third-order valence-corrected chi connectivity index (χ3v) is 6.32. The first-order valence-electron chi connectivity index (χ1n) is 8.38. The Kier molecular flexibility index (Phi) is 5.98. The lowest BCUT2D eigenvalue weighted by Crippen LogP contribution is -2.32. The Morgan fingerprint density at radius 3 is 2.07 bits per heavy atom. The number of carbonyl (C=O) groups excluding carboxylic acids is 1. The number of primary sulfonamides is 1. The topological polar surface area (TPSA) is 136 Å². The van der Waals surface area contributed by atoms with E-state index >= 15 is 0 Å². The van der Waals surface area contributed by atoms with Crippen LogP contribution < -0.4 is 9.86 Å². The molecule has 152 valence electrons. The van der Waals surface area contributed by atoms with Gasteiger partial charge in [-0.05, 0) is 48.5 Å². The Bertz CT molecular complexity index is 1360. The van der Waals surface area contributed by atoms with Crippen molar-refractivity contribution in [1.82, 2.24) is 9.71 Å². The van der Waals surface area contributed by atoms with Crippen LogP contribution in [-0.2, 0) is 20.0 Å². The number of hydrogen-bond donors (Lipinski definition) is 2. The van der Waals surface area contributed by atoms with Crippen molar-refractivity contribution in [3.63, 3.8) is 0 Å². The van der Waals surface area contributed by atoms with Gasteiger partial charge in [0.25, 0.3) is 15.9 Å². The molecule has 8 nitrogen and oxygen atoms in total. The van der Waals surface area contributed by atoms with Crippen LogP contribution in [0, 0.1) is 11.8 Å². The van der Waals surface area contributed by atoms with Crippen molar-refractivity contribution in [2.75, 3.05) is 0 Å². The van der Waals surface area contributed by atoms with E-state index < -0.39 is 35.7 Å². The van der Waals surface area contributed by atoms with E-state index in [1.807, 2.05) is 4.72 Å². The van der Waals surface area contributed by atoms with Gasteiger partial charge in [0, 0.05) is 29.1 Å². The summed E-state index contributed by atoms with van der Waals surface area (Å²) in [7, 11) is -8.77. The summed E-state index contributed by atoms with van der Waals surface area (Å²) in [5.41, 5.74) is 1.38. The molecule has 0 aliphatic carbocycles. The molecule has 30 heavy (non-hydrogen) atoms. The Labute approximate surface area is 173 Å². The number of carbonyl (C=O) groups is 1. The number of benzene rings is 2. The standard InChI is InChI=1S/C20H15N3O5S2/c21-29(25,26)18-5-1-2-6-19(18)30(27,28)23-20(24)17-11-9-15(10-12-17)7-8-16-4-3-13-22-14-16/h1-6,9-14H,(H,23,24)(H2,21,25,26). The Morgan fingerprint density at radius 2 is 1.47 bits per heavy atom. The van der Waals surface area contributed by atoms with Crippen molar-refractivity contribution < 1.29 is 21.6 Å². The molecule has 0 atom stereocenters. The van der Waals surface area contributed by atoms with E-state index in [4.69, 9.17) is 5.14 Å². The van der Waals surface area contributed by atoms with Crippen LogP contribution >= 0.6 is 0 Å². The number of hydrogen-bond acceptors (Lipinski definition) is 6. The van der Waals surface area contributed by atoms with E-state index in [0.29, 0.717) is 5.56 Å². The van der Waals surface area contributed by atoms with Gasteiger partial charge in [0.05, 0.1) is 0 Å². The van der Waals surface area contributed by atoms with Crippen molar-refractivity contribution in [2.45, 2.75) is 9.79 Å². The van der Waals surface area contributed by atoms with E-state index in [2.05, 4.69) is 16.8 Å². The van der Waals surface area contributed by atoms with Gasteiger partial charge in [0.1, 0.15) is 9.79 Å². The highest BCUT2D eigenvalue weighted by molar-refractivity contribution is 7.92. The van der Waals surface area contributed by atoms with Gasteiger partial charge in [-0.3, -0.25) is 9.78 Å². The zero-order chi connectivity index (χ0) is 21.8. The first-order valence-corrected chi connectivity index (χ1v) is 11.4. The summed E-state index contributed by atoms with van der Waals surface area (Å²) in [6, 6.07) is 14.2. The van der Waals surface area contributed by atoms with Crippen molar-refractivity contribution in [1.29, 1.82) is 0 Å². The fraction of sp³-hybridized carbons (Fsp3) is 0. The lowest BCUT2D eigenvalue weighted by molar-refractivity contribution is 0.0981. The minimum Gasteiger partial charge on any atom is -0.268 e. The maximum atomic E-state index is 12.5. The number of nitrogens with two attached hydrogens (primary N) is 1. The quantitative estimate of drug-likeness (QED) is 0.585. The molecule has 3 N–H and O–H groups in total. The molecule has 0 unspecified atom stereocenters. The zero-order valence-electron chi connectivity index (χ0n) is 15.3. The van der Waals surface area contributed by atoms with Crippen LogP contribution in [0.4, 0.5) is 0 Å². The molecule has 0 aliphatic rings. The van der Waals surface area contributed by atoms with Crippen LogP contribution in [0.2, 0.25) is 0 Å². The van der Waals surface area contributed by atoms with Gasteiger partial charge in [-0.2, -0.15) is 0 Å². The molecule has 0 fully saturated rings. The molecule has 1 amide bonds. The third-order valence-electron chi connectivity index (χ3n) is 3.83. The minimum atomic E-state index is -4.47. The van der Waals surface area contributed by atoms with Gasteiger partial charge in [-0.15, -0.1) is 0 Å². The maximum absolute atomic E-state index is 12.5. The van der Waals surface area contributed by atoms with Gasteiger partial charge < -0.3 is 0 Å². The van der Waals surface area contributed by atoms with E-state index in [1.165, 1.54) is 24.3 Å². The Hall–Kier alpha value is -3.52. The molecule has 10 heteroatoms. The number of nitrogens with zero attached hydrogens (tertiary/aromatic N) is 1. The number of pyridine rings is 1. The first-order chi connectivity index (χ1) is 14.2. The van der Waals surface area contributed by atoms with Gasteiger partial charge in [-0.1, -0.05) is 24.0 Å². The second kappa shape index (κ2) is 8.46. The largest absolute Gasteiger partial charge is 0.268 e. The highest BCUT2D eigenvalue weighted by Crippen LogP contribution is 2.19. The van der Waals surface area contributed by atoms with Crippen LogP contribution in [0.5, 0.6) is 0 Å². The monoisotopic (exact) mass is 441 g/mol.